The molecule has 1 aliphatic rings. The normalized spacial score (nSPS) is 20.0. The Morgan fingerprint density at radius 1 is 1.10 bits per heavy atom. The van der Waals surface area contributed by atoms with Gasteiger partial charge in [0.1, 0.15) is 5.75 Å². The highest BCUT2D eigenvalue weighted by Gasteiger charge is 2.42. The number of hydrogen-bond donors (Lipinski definition) is 2. The molecule has 0 radical (unpaired) electrons. The Balaban J connectivity index is 2.22. The van der Waals surface area contributed by atoms with Gasteiger partial charge in [-0.1, -0.05) is 69.9 Å². The molecular formula is C23H30BrNO3S. The molecule has 2 N–H and O–H groups in total. The molecule has 4 nitrogen and oxygen atoms in total. The molecule has 0 fully saturated rings. The van der Waals surface area contributed by atoms with E-state index < -0.39 is 15.6 Å². The molecule has 0 aromatic heterocycles. The smallest absolute Gasteiger partial charge is 0.241 e. The lowest BCUT2D eigenvalue weighted by Gasteiger charge is -2.35. The number of unbranched alkanes of at least 4 members (excludes halogenated alkanes) is 2. The van der Waals surface area contributed by atoms with Crippen LogP contribution in [-0.2, 0) is 10.0 Å². The molecule has 29 heavy (non-hydrogen) atoms. The van der Waals surface area contributed by atoms with Crippen LogP contribution in [0.1, 0.15) is 75.8 Å². The van der Waals surface area contributed by atoms with Crippen molar-refractivity contribution in [3.63, 3.8) is 0 Å². The Kier molecular flexibility index (Phi) is 7.07. The number of phenols is 1. The average molecular weight is 480 g/mol. The minimum atomic E-state index is -3.76. The van der Waals surface area contributed by atoms with Gasteiger partial charge in [-0.15, -0.1) is 0 Å². The summed E-state index contributed by atoms with van der Waals surface area (Å²) in [5, 5.41) is 10.2. The van der Waals surface area contributed by atoms with Crippen LogP contribution in [0, 0.1) is 0 Å². The van der Waals surface area contributed by atoms with Crippen LogP contribution in [0.25, 0.3) is 0 Å². The summed E-state index contributed by atoms with van der Waals surface area (Å²) in [5.41, 5.74) is 1.35. The van der Waals surface area contributed by atoms with Gasteiger partial charge in [0.15, 0.2) is 0 Å². The van der Waals surface area contributed by atoms with Gasteiger partial charge in [0.2, 0.25) is 10.0 Å². The molecule has 2 aromatic rings. The second kappa shape index (κ2) is 9.19. The molecular weight excluding hydrogens is 450 g/mol. The Labute approximate surface area is 182 Å². The van der Waals surface area contributed by atoms with Crippen molar-refractivity contribution < 1.29 is 13.5 Å². The summed E-state index contributed by atoms with van der Waals surface area (Å²) in [6, 6.07) is 13.3. The second-order valence-corrected chi connectivity index (χ2v) is 10.6. The predicted molar refractivity (Wildman–Crippen MR) is 121 cm³/mol. The molecule has 0 saturated carbocycles. The molecule has 6 heteroatoms. The number of nitrogens with one attached hydrogen (secondary N) is 1. The van der Waals surface area contributed by atoms with Crippen LogP contribution in [0.5, 0.6) is 5.75 Å². The Bertz CT molecular complexity index is 936. The maximum Gasteiger partial charge on any atom is 0.241 e. The van der Waals surface area contributed by atoms with Crippen LogP contribution in [0.15, 0.2) is 51.8 Å². The van der Waals surface area contributed by atoms with Gasteiger partial charge in [-0.2, -0.15) is 0 Å². The Hall–Kier alpha value is -1.37. The number of phenolic OH excluding ortho intramolecular Hbond substituents is 1. The van der Waals surface area contributed by atoms with Crippen LogP contribution < -0.4 is 4.72 Å². The molecule has 1 aliphatic heterocycles. The summed E-state index contributed by atoms with van der Waals surface area (Å²) in [4.78, 5) is 0.182. The van der Waals surface area contributed by atoms with E-state index in [-0.39, 0.29) is 16.6 Å². The number of fused-ring (bicyclic) bond motifs is 1. The van der Waals surface area contributed by atoms with Gasteiger partial charge in [-0.25, -0.2) is 13.1 Å². The van der Waals surface area contributed by atoms with Crippen LogP contribution in [0.4, 0.5) is 0 Å². The number of halogens is 1. The quantitative estimate of drug-likeness (QED) is 0.504. The molecule has 0 bridgehead atoms. The van der Waals surface area contributed by atoms with Crippen molar-refractivity contribution >= 4 is 26.0 Å². The standard InChI is InChI=1S/C23H30BrNO3S/c1-3-5-12-23(13-6-4-2)16-19(17-10-8-7-9-11-17)18-14-20(24)21(26)15-22(18)29(27,28)25-23/h7-11,14-15,19,25-26H,3-6,12-13,16H2,1-2H3. The zero-order chi connectivity index (χ0) is 21.1. The fourth-order valence-corrected chi connectivity index (χ4v) is 6.50. The molecule has 3 rings (SSSR count). The van der Waals surface area contributed by atoms with Gasteiger partial charge in [0, 0.05) is 17.5 Å². The Morgan fingerprint density at radius 3 is 2.31 bits per heavy atom. The fourth-order valence-electron chi connectivity index (χ4n) is 4.39. The van der Waals surface area contributed by atoms with Crippen molar-refractivity contribution in [2.45, 2.75) is 75.1 Å². The number of benzene rings is 2. The summed E-state index contributed by atoms with van der Waals surface area (Å²) in [7, 11) is -3.76. The zero-order valence-electron chi connectivity index (χ0n) is 17.1. The lowest BCUT2D eigenvalue weighted by molar-refractivity contribution is 0.282. The third-order valence-corrected chi connectivity index (χ3v) is 8.18. The number of rotatable bonds is 7. The lowest BCUT2D eigenvalue weighted by Crippen LogP contribution is -2.48. The van der Waals surface area contributed by atoms with Crippen LogP contribution in [-0.4, -0.2) is 19.1 Å². The van der Waals surface area contributed by atoms with E-state index in [1.54, 1.807) is 6.07 Å². The molecule has 2 aromatic carbocycles. The van der Waals surface area contributed by atoms with Crippen molar-refractivity contribution in [1.29, 1.82) is 0 Å². The molecule has 1 heterocycles. The number of hydrogen-bond acceptors (Lipinski definition) is 3. The van der Waals surface area contributed by atoms with Crippen molar-refractivity contribution in [2.24, 2.45) is 0 Å². The maximum atomic E-state index is 13.4. The van der Waals surface area contributed by atoms with Gasteiger partial charge >= 0.3 is 0 Å². The van der Waals surface area contributed by atoms with E-state index in [2.05, 4.69) is 46.6 Å². The predicted octanol–water partition coefficient (Wildman–Crippen LogP) is 6.09. The third kappa shape index (κ3) is 4.86. The third-order valence-electron chi connectivity index (χ3n) is 5.91. The van der Waals surface area contributed by atoms with Crippen LogP contribution in [0.3, 0.4) is 0 Å². The van der Waals surface area contributed by atoms with Crippen molar-refractivity contribution in [3.05, 3.63) is 58.1 Å². The largest absolute Gasteiger partial charge is 0.507 e. The summed E-state index contributed by atoms with van der Waals surface area (Å²) in [6.07, 6.45) is 6.31. The van der Waals surface area contributed by atoms with Gasteiger partial charge in [0.05, 0.1) is 9.37 Å². The Morgan fingerprint density at radius 2 is 1.72 bits per heavy atom. The minimum absolute atomic E-state index is 0.0597. The summed E-state index contributed by atoms with van der Waals surface area (Å²) >= 11 is 3.38. The highest BCUT2D eigenvalue weighted by molar-refractivity contribution is 9.10. The van der Waals surface area contributed by atoms with Crippen molar-refractivity contribution in [3.8, 4) is 5.75 Å². The van der Waals surface area contributed by atoms with E-state index in [9.17, 15) is 13.5 Å². The average Bonchev–Trinajstić information content (AvgIpc) is 2.79. The van der Waals surface area contributed by atoms with Gasteiger partial charge in [-0.05, 0) is 52.4 Å². The first-order valence-corrected chi connectivity index (χ1v) is 12.7. The molecule has 1 unspecified atom stereocenters. The first-order chi connectivity index (χ1) is 13.8. The molecule has 158 valence electrons. The van der Waals surface area contributed by atoms with E-state index in [1.807, 2.05) is 18.2 Å². The molecule has 0 spiro atoms. The van der Waals surface area contributed by atoms with E-state index in [1.165, 1.54) is 6.07 Å². The topological polar surface area (TPSA) is 66.4 Å². The summed E-state index contributed by atoms with van der Waals surface area (Å²) in [5.74, 6) is -0.128. The number of aromatic hydroxyl groups is 1. The fraction of sp³-hybridized carbons (Fsp3) is 0.478. The van der Waals surface area contributed by atoms with Gasteiger partial charge < -0.3 is 5.11 Å². The van der Waals surface area contributed by atoms with E-state index >= 15 is 0 Å². The van der Waals surface area contributed by atoms with E-state index in [0.29, 0.717) is 10.9 Å². The molecule has 0 saturated heterocycles. The second-order valence-electron chi connectivity index (χ2n) is 8.10. The molecule has 0 amide bonds. The molecule has 1 atom stereocenters. The monoisotopic (exact) mass is 479 g/mol. The van der Waals surface area contributed by atoms with Gasteiger partial charge in [-0.3, -0.25) is 0 Å². The van der Waals surface area contributed by atoms with Crippen LogP contribution in [0.2, 0.25) is 0 Å². The highest BCUT2D eigenvalue weighted by atomic mass is 79.9. The van der Waals surface area contributed by atoms with Crippen molar-refractivity contribution in [2.75, 3.05) is 0 Å². The lowest BCUT2D eigenvalue weighted by atomic mass is 9.76. The number of sulfonamides is 1. The summed E-state index contributed by atoms with van der Waals surface area (Å²) in [6.45, 7) is 4.27. The highest BCUT2D eigenvalue weighted by Crippen LogP contribution is 2.45. The summed E-state index contributed by atoms with van der Waals surface area (Å²) < 4.78 is 30.5. The molecule has 0 aliphatic carbocycles. The SMILES string of the molecule is CCCCC1(CCCC)CC(c2ccccc2)c2cc(Br)c(O)cc2S(=O)(=O)N1. The maximum absolute atomic E-state index is 13.4. The van der Waals surface area contributed by atoms with E-state index in [4.69, 9.17) is 0 Å². The first-order valence-electron chi connectivity index (χ1n) is 10.4. The first kappa shape index (κ1) is 22.3. The van der Waals surface area contributed by atoms with Crippen molar-refractivity contribution in [1.82, 2.24) is 4.72 Å². The van der Waals surface area contributed by atoms with Gasteiger partial charge in [0.25, 0.3) is 0 Å². The minimum Gasteiger partial charge on any atom is -0.507 e. The van der Waals surface area contributed by atoms with E-state index in [0.717, 1.165) is 49.7 Å². The van der Waals surface area contributed by atoms with Crippen LogP contribution >= 0.6 is 15.9 Å². The zero-order valence-corrected chi connectivity index (χ0v) is 19.5.